The molecule has 3 N–H and O–H groups in total. The largest absolute Gasteiger partial charge is 0.486 e. The maximum absolute atomic E-state index is 13.4. The van der Waals surface area contributed by atoms with Crippen LogP contribution in [0.25, 0.3) is 0 Å². The van der Waals surface area contributed by atoms with Crippen LogP contribution in [0, 0.1) is 5.82 Å². The smallest absolute Gasteiger partial charge is 0.338 e. The van der Waals surface area contributed by atoms with Crippen LogP contribution in [-0.2, 0) is 0 Å². The van der Waals surface area contributed by atoms with Crippen LogP contribution in [-0.4, -0.2) is 24.3 Å². The number of hydrogen-bond donors (Lipinski definition) is 2. The summed E-state index contributed by atoms with van der Waals surface area (Å²) in [6, 6.07) is 1.07. The van der Waals surface area contributed by atoms with Crippen molar-refractivity contribution in [2.24, 2.45) is 0 Å². The summed E-state index contributed by atoms with van der Waals surface area (Å²) in [5, 5.41) is 8.70. The predicted octanol–water partition coefficient (Wildman–Crippen LogP) is 0.877. The number of fused-ring (bicyclic) bond motifs is 1. The molecular formula is C9H8FNO4. The molecule has 0 saturated heterocycles. The quantitative estimate of drug-likeness (QED) is 0.676. The van der Waals surface area contributed by atoms with Gasteiger partial charge in [0.25, 0.3) is 0 Å². The van der Waals surface area contributed by atoms with Crippen molar-refractivity contribution in [2.45, 2.75) is 0 Å². The van der Waals surface area contributed by atoms with Crippen molar-refractivity contribution in [2.75, 3.05) is 18.9 Å². The van der Waals surface area contributed by atoms with Crippen molar-refractivity contribution in [3.05, 3.63) is 17.4 Å². The maximum atomic E-state index is 13.4. The highest BCUT2D eigenvalue weighted by Crippen LogP contribution is 2.39. The topological polar surface area (TPSA) is 81.8 Å². The van der Waals surface area contributed by atoms with E-state index in [2.05, 4.69) is 0 Å². The first-order valence-corrected chi connectivity index (χ1v) is 4.22. The van der Waals surface area contributed by atoms with Crippen LogP contribution in [0.5, 0.6) is 11.5 Å². The number of nitrogens with two attached hydrogens (primary N) is 1. The van der Waals surface area contributed by atoms with E-state index in [4.69, 9.17) is 20.3 Å². The third-order valence-electron chi connectivity index (χ3n) is 2.03. The van der Waals surface area contributed by atoms with Gasteiger partial charge in [0.2, 0.25) is 0 Å². The number of rotatable bonds is 1. The Balaban J connectivity index is 2.63. The molecule has 15 heavy (non-hydrogen) atoms. The average molecular weight is 213 g/mol. The highest BCUT2D eigenvalue weighted by Gasteiger charge is 2.24. The monoisotopic (exact) mass is 213 g/mol. The number of aromatic carboxylic acids is 1. The third kappa shape index (κ3) is 1.43. The van der Waals surface area contributed by atoms with E-state index in [1.807, 2.05) is 0 Å². The first kappa shape index (κ1) is 9.57. The minimum Gasteiger partial charge on any atom is -0.486 e. The van der Waals surface area contributed by atoms with E-state index in [0.717, 1.165) is 6.07 Å². The Hall–Kier alpha value is -1.98. The van der Waals surface area contributed by atoms with Gasteiger partial charge in [0.1, 0.15) is 24.5 Å². The van der Waals surface area contributed by atoms with Gasteiger partial charge in [0, 0.05) is 6.07 Å². The SMILES string of the molecule is Nc1c(F)c(C(=O)O)cc2c1OCCO2. The maximum Gasteiger partial charge on any atom is 0.338 e. The van der Waals surface area contributed by atoms with E-state index in [1.165, 1.54) is 0 Å². The second-order valence-electron chi connectivity index (χ2n) is 2.98. The van der Waals surface area contributed by atoms with Gasteiger partial charge in [-0.1, -0.05) is 0 Å². The Bertz CT molecular complexity index is 433. The lowest BCUT2D eigenvalue weighted by atomic mass is 10.1. The number of nitrogen functional groups attached to an aromatic ring is 1. The van der Waals surface area contributed by atoms with Crippen LogP contribution in [0.2, 0.25) is 0 Å². The van der Waals surface area contributed by atoms with Crippen LogP contribution in [0.4, 0.5) is 10.1 Å². The zero-order chi connectivity index (χ0) is 11.0. The fourth-order valence-corrected chi connectivity index (χ4v) is 1.34. The molecule has 0 spiro atoms. The third-order valence-corrected chi connectivity index (χ3v) is 2.03. The Morgan fingerprint density at radius 3 is 2.80 bits per heavy atom. The fourth-order valence-electron chi connectivity index (χ4n) is 1.34. The lowest BCUT2D eigenvalue weighted by Crippen LogP contribution is -2.18. The average Bonchev–Trinajstić information content (AvgIpc) is 2.23. The predicted molar refractivity (Wildman–Crippen MR) is 48.8 cm³/mol. The van der Waals surface area contributed by atoms with Crippen LogP contribution in [0.3, 0.4) is 0 Å². The summed E-state index contributed by atoms with van der Waals surface area (Å²) in [7, 11) is 0. The summed E-state index contributed by atoms with van der Waals surface area (Å²) >= 11 is 0. The number of carbonyl (C=O) groups is 1. The van der Waals surface area contributed by atoms with E-state index in [-0.39, 0.29) is 30.4 Å². The molecule has 1 aromatic carbocycles. The van der Waals surface area contributed by atoms with Gasteiger partial charge in [0.05, 0.1) is 0 Å². The molecule has 2 rings (SSSR count). The molecule has 1 aromatic rings. The standard InChI is InChI=1S/C9H8FNO4/c10-6-4(9(12)13)3-5-8(7(6)11)15-2-1-14-5/h3H,1-2,11H2,(H,12,13). The van der Waals surface area contributed by atoms with Gasteiger partial charge in [-0.25, -0.2) is 9.18 Å². The van der Waals surface area contributed by atoms with E-state index < -0.39 is 17.3 Å². The molecule has 80 valence electrons. The minimum absolute atomic E-state index is 0.0729. The second kappa shape index (κ2) is 3.30. The number of benzene rings is 1. The fraction of sp³-hybridized carbons (Fsp3) is 0.222. The van der Waals surface area contributed by atoms with Gasteiger partial charge in [0.15, 0.2) is 17.3 Å². The lowest BCUT2D eigenvalue weighted by molar-refractivity contribution is 0.0690. The molecule has 0 amide bonds. The highest BCUT2D eigenvalue weighted by molar-refractivity contribution is 5.91. The Morgan fingerprint density at radius 2 is 2.13 bits per heavy atom. The van der Waals surface area contributed by atoms with Gasteiger partial charge in [-0.15, -0.1) is 0 Å². The molecule has 0 unspecified atom stereocenters. The van der Waals surface area contributed by atoms with Crippen molar-refractivity contribution in [3.8, 4) is 11.5 Å². The van der Waals surface area contributed by atoms with Crippen molar-refractivity contribution in [1.82, 2.24) is 0 Å². The second-order valence-corrected chi connectivity index (χ2v) is 2.98. The number of carboxylic acids is 1. The Labute approximate surface area is 84.2 Å². The van der Waals surface area contributed by atoms with Gasteiger partial charge < -0.3 is 20.3 Å². The summed E-state index contributed by atoms with van der Waals surface area (Å²) in [5.74, 6) is -2.15. The number of hydrogen-bond acceptors (Lipinski definition) is 4. The molecule has 0 fully saturated rings. The first-order chi connectivity index (χ1) is 7.11. The molecule has 0 radical (unpaired) electrons. The number of carboxylic acid groups (broad SMARTS) is 1. The number of halogens is 1. The van der Waals surface area contributed by atoms with Crippen LogP contribution in [0.15, 0.2) is 6.07 Å². The summed E-state index contributed by atoms with van der Waals surface area (Å²) in [6.07, 6.45) is 0. The van der Waals surface area contributed by atoms with E-state index in [9.17, 15) is 9.18 Å². The molecule has 0 bridgehead atoms. The van der Waals surface area contributed by atoms with Crippen molar-refractivity contribution in [3.63, 3.8) is 0 Å². The summed E-state index contributed by atoms with van der Waals surface area (Å²) in [4.78, 5) is 10.7. The molecule has 0 aliphatic carbocycles. The van der Waals surface area contributed by atoms with Crippen LogP contribution >= 0.6 is 0 Å². The highest BCUT2D eigenvalue weighted by atomic mass is 19.1. The normalized spacial score (nSPS) is 13.7. The number of ether oxygens (including phenoxy) is 2. The van der Waals surface area contributed by atoms with Crippen molar-refractivity contribution >= 4 is 11.7 Å². The first-order valence-electron chi connectivity index (χ1n) is 4.22. The van der Waals surface area contributed by atoms with Gasteiger partial charge in [-0.2, -0.15) is 0 Å². The Morgan fingerprint density at radius 1 is 1.47 bits per heavy atom. The van der Waals surface area contributed by atoms with Gasteiger partial charge >= 0.3 is 5.97 Å². The van der Waals surface area contributed by atoms with Gasteiger partial charge in [-0.05, 0) is 0 Å². The molecule has 1 heterocycles. The molecule has 0 saturated carbocycles. The minimum atomic E-state index is -1.39. The van der Waals surface area contributed by atoms with Crippen molar-refractivity contribution < 1.29 is 23.8 Å². The van der Waals surface area contributed by atoms with E-state index in [0.29, 0.717) is 0 Å². The van der Waals surface area contributed by atoms with Gasteiger partial charge in [-0.3, -0.25) is 0 Å². The summed E-state index contributed by atoms with van der Waals surface area (Å²) in [5.41, 5.74) is 4.55. The molecule has 0 aromatic heterocycles. The molecule has 1 aliphatic heterocycles. The van der Waals surface area contributed by atoms with Crippen molar-refractivity contribution in [1.29, 1.82) is 0 Å². The molecule has 6 heteroatoms. The molecule has 5 nitrogen and oxygen atoms in total. The Kier molecular flexibility index (Phi) is 2.11. The van der Waals surface area contributed by atoms with Crippen LogP contribution in [0.1, 0.15) is 10.4 Å². The summed E-state index contributed by atoms with van der Waals surface area (Å²) in [6.45, 7) is 0.556. The summed E-state index contributed by atoms with van der Waals surface area (Å²) < 4.78 is 23.6. The van der Waals surface area contributed by atoms with E-state index in [1.54, 1.807) is 0 Å². The lowest BCUT2D eigenvalue weighted by Gasteiger charge is -2.20. The van der Waals surface area contributed by atoms with E-state index >= 15 is 0 Å². The zero-order valence-electron chi connectivity index (χ0n) is 7.62. The zero-order valence-corrected chi connectivity index (χ0v) is 7.62. The molecular weight excluding hydrogens is 205 g/mol. The van der Waals surface area contributed by atoms with Crippen LogP contribution < -0.4 is 15.2 Å². The number of anilines is 1. The molecule has 1 aliphatic rings. The molecule has 0 atom stereocenters.